The Bertz CT molecular complexity index is 308. The molecule has 0 aliphatic rings. The molecule has 0 nitrogen and oxygen atoms in total. The van der Waals surface area contributed by atoms with Crippen molar-refractivity contribution in [2.45, 2.75) is 6.18 Å². The Hall–Kier alpha value is -1.32. The van der Waals surface area contributed by atoms with Crippen LogP contribution in [0.5, 0.6) is 0 Å². The number of rotatable bonds is 2. The van der Waals surface area contributed by atoms with E-state index in [4.69, 9.17) is 0 Å². The summed E-state index contributed by atoms with van der Waals surface area (Å²) in [6.45, 7) is -0.624. The highest BCUT2D eigenvalue weighted by molar-refractivity contribution is 5.49. The average Bonchev–Trinajstić information content (AvgIpc) is 2.14. The van der Waals surface area contributed by atoms with Gasteiger partial charge < -0.3 is 0 Å². The van der Waals surface area contributed by atoms with E-state index in [0.717, 1.165) is 12.1 Å². The van der Waals surface area contributed by atoms with E-state index >= 15 is 0 Å². The quantitative estimate of drug-likeness (QED) is 0.644. The summed E-state index contributed by atoms with van der Waals surface area (Å²) in [5, 5.41) is 0. The minimum Gasteiger partial charge on any atom is -0.247 e. The van der Waals surface area contributed by atoms with Gasteiger partial charge in [0.1, 0.15) is 6.67 Å². The smallest absolute Gasteiger partial charge is 0.247 e. The molecule has 1 rings (SSSR count). The first-order chi connectivity index (χ1) is 6.54. The number of hydrogen-bond acceptors (Lipinski definition) is 0. The Kier molecular flexibility index (Phi) is 3.28. The van der Waals surface area contributed by atoms with Crippen LogP contribution in [0, 0.1) is 0 Å². The zero-order valence-corrected chi connectivity index (χ0v) is 7.18. The van der Waals surface area contributed by atoms with Gasteiger partial charge in [0.25, 0.3) is 0 Å². The lowest BCUT2D eigenvalue weighted by atomic mass is 10.1. The highest BCUT2D eigenvalue weighted by Crippen LogP contribution is 2.29. The summed E-state index contributed by atoms with van der Waals surface area (Å²) in [4.78, 5) is 0. The maximum Gasteiger partial charge on any atom is 0.416 e. The van der Waals surface area contributed by atoms with Gasteiger partial charge in [0.15, 0.2) is 0 Å². The second kappa shape index (κ2) is 4.26. The summed E-state index contributed by atoms with van der Waals surface area (Å²) < 4.78 is 48.0. The SMILES string of the molecule is FC/C=C/c1ccc(C(F)(F)F)cc1. The van der Waals surface area contributed by atoms with Crippen molar-refractivity contribution < 1.29 is 17.6 Å². The molecule has 0 radical (unpaired) electrons. The molecule has 0 fully saturated rings. The van der Waals surface area contributed by atoms with Gasteiger partial charge in [-0.15, -0.1) is 0 Å². The molecule has 4 heteroatoms. The predicted molar refractivity (Wildman–Crippen MR) is 46.5 cm³/mol. The molecule has 1 aromatic carbocycles. The number of hydrogen-bond donors (Lipinski definition) is 0. The highest BCUT2D eigenvalue weighted by Gasteiger charge is 2.29. The molecule has 0 aromatic heterocycles. The normalized spacial score (nSPS) is 12.3. The summed E-state index contributed by atoms with van der Waals surface area (Å²) >= 11 is 0. The van der Waals surface area contributed by atoms with E-state index in [9.17, 15) is 17.6 Å². The van der Waals surface area contributed by atoms with Gasteiger partial charge in [0.2, 0.25) is 0 Å². The summed E-state index contributed by atoms with van der Waals surface area (Å²) in [5.74, 6) is 0. The van der Waals surface area contributed by atoms with Crippen molar-refractivity contribution in [1.29, 1.82) is 0 Å². The lowest BCUT2D eigenvalue weighted by molar-refractivity contribution is -0.137. The highest BCUT2D eigenvalue weighted by atomic mass is 19.4. The third-order valence-electron chi connectivity index (χ3n) is 1.64. The van der Waals surface area contributed by atoms with E-state index < -0.39 is 18.4 Å². The fourth-order valence-electron chi connectivity index (χ4n) is 0.964. The number of benzene rings is 1. The first kappa shape index (κ1) is 10.8. The van der Waals surface area contributed by atoms with Crippen LogP contribution in [-0.2, 0) is 6.18 Å². The molecule has 0 N–H and O–H groups in total. The lowest BCUT2D eigenvalue weighted by Crippen LogP contribution is -2.03. The van der Waals surface area contributed by atoms with Crippen molar-refractivity contribution in [3.63, 3.8) is 0 Å². The van der Waals surface area contributed by atoms with Crippen molar-refractivity contribution >= 4 is 6.08 Å². The van der Waals surface area contributed by atoms with Crippen LogP contribution in [0.1, 0.15) is 11.1 Å². The monoisotopic (exact) mass is 204 g/mol. The van der Waals surface area contributed by atoms with Crippen LogP contribution in [0.15, 0.2) is 30.3 Å². The Morgan fingerprint density at radius 2 is 1.64 bits per heavy atom. The first-order valence-electron chi connectivity index (χ1n) is 3.94. The zero-order chi connectivity index (χ0) is 10.6. The summed E-state index contributed by atoms with van der Waals surface area (Å²) in [5.41, 5.74) is -0.148. The van der Waals surface area contributed by atoms with Gasteiger partial charge in [-0.25, -0.2) is 4.39 Å². The van der Waals surface area contributed by atoms with Crippen molar-refractivity contribution in [1.82, 2.24) is 0 Å². The van der Waals surface area contributed by atoms with Gasteiger partial charge in [-0.2, -0.15) is 13.2 Å². The minimum absolute atomic E-state index is 0.552. The molecular formula is C10H8F4. The maximum absolute atomic E-state index is 12.1. The summed E-state index contributed by atoms with van der Waals surface area (Å²) in [6.07, 6.45) is -1.65. The van der Waals surface area contributed by atoms with Gasteiger partial charge in [0, 0.05) is 0 Å². The van der Waals surface area contributed by atoms with Gasteiger partial charge in [-0.05, 0) is 17.7 Å². The third-order valence-corrected chi connectivity index (χ3v) is 1.64. The Morgan fingerprint density at radius 3 is 2.07 bits per heavy atom. The Labute approximate surface area is 78.9 Å². The topological polar surface area (TPSA) is 0 Å². The van der Waals surface area contributed by atoms with Crippen LogP contribution in [0.4, 0.5) is 17.6 Å². The molecule has 0 aliphatic carbocycles. The number of halogens is 4. The Morgan fingerprint density at radius 1 is 1.07 bits per heavy atom. The number of allylic oxidation sites excluding steroid dienone is 1. The molecule has 0 heterocycles. The molecule has 0 unspecified atom stereocenters. The van der Waals surface area contributed by atoms with E-state index in [1.165, 1.54) is 24.3 Å². The van der Waals surface area contributed by atoms with E-state index in [0.29, 0.717) is 5.56 Å². The largest absolute Gasteiger partial charge is 0.416 e. The lowest BCUT2D eigenvalue weighted by Gasteiger charge is -2.05. The molecular weight excluding hydrogens is 196 g/mol. The van der Waals surface area contributed by atoms with Crippen LogP contribution >= 0.6 is 0 Å². The second-order valence-electron chi connectivity index (χ2n) is 2.68. The minimum atomic E-state index is -4.32. The van der Waals surface area contributed by atoms with E-state index in [1.54, 1.807) is 0 Å². The second-order valence-corrected chi connectivity index (χ2v) is 2.68. The summed E-state index contributed by atoms with van der Waals surface area (Å²) in [7, 11) is 0. The predicted octanol–water partition coefficient (Wildman–Crippen LogP) is 3.69. The van der Waals surface area contributed by atoms with Crippen LogP contribution < -0.4 is 0 Å². The van der Waals surface area contributed by atoms with E-state index in [1.807, 2.05) is 0 Å². The van der Waals surface area contributed by atoms with Crippen molar-refractivity contribution in [3.8, 4) is 0 Å². The Balaban J connectivity index is 2.84. The molecule has 0 spiro atoms. The van der Waals surface area contributed by atoms with Crippen LogP contribution in [0.25, 0.3) is 6.08 Å². The third kappa shape index (κ3) is 2.87. The van der Waals surface area contributed by atoms with Crippen LogP contribution in [0.2, 0.25) is 0 Å². The fourth-order valence-corrected chi connectivity index (χ4v) is 0.964. The van der Waals surface area contributed by atoms with E-state index in [-0.39, 0.29) is 0 Å². The molecule has 0 aliphatic heterocycles. The van der Waals surface area contributed by atoms with Crippen molar-refractivity contribution in [2.75, 3.05) is 6.67 Å². The molecule has 76 valence electrons. The standard InChI is InChI=1S/C10H8F4/c11-7-1-2-8-3-5-9(6-4-8)10(12,13)14/h1-6H,7H2/b2-1+. The van der Waals surface area contributed by atoms with Crippen molar-refractivity contribution in [3.05, 3.63) is 41.5 Å². The van der Waals surface area contributed by atoms with Crippen LogP contribution in [0.3, 0.4) is 0 Å². The van der Waals surface area contributed by atoms with E-state index in [2.05, 4.69) is 0 Å². The van der Waals surface area contributed by atoms with Gasteiger partial charge >= 0.3 is 6.18 Å². The molecule has 14 heavy (non-hydrogen) atoms. The maximum atomic E-state index is 12.1. The van der Waals surface area contributed by atoms with Crippen LogP contribution in [-0.4, -0.2) is 6.67 Å². The molecule has 0 atom stereocenters. The molecule has 1 aromatic rings. The van der Waals surface area contributed by atoms with Gasteiger partial charge in [-0.1, -0.05) is 24.3 Å². The summed E-state index contributed by atoms with van der Waals surface area (Å²) in [6, 6.07) is 4.54. The fraction of sp³-hybridized carbons (Fsp3) is 0.200. The zero-order valence-electron chi connectivity index (χ0n) is 7.18. The molecule has 0 saturated heterocycles. The number of alkyl halides is 4. The molecule has 0 bridgehead atoms. The first-order valence-corrected chi connectivity index (χ1v) is 3.94. The van der Waals surface area contributed by atoms with Crippen molar-refractivity contribution in [2.24, 2.45) is 0 Å². The van der Waals surface area contributed by atoms with Gasteiger partial charge in [-0.3, -0.25) is 0 Å². The van der Waals surface area contributed by atoms with Gasteiger partial charge in [0.05, 0.1) is 5.56 Å². The molecule has 0 saturated carbocycles. The average molecular weight is 204 g/mol. The molecule has 0 amide bonds.